The predicted octanol–water partition coefficient (Wildman–Crippen LogP) is 4.59. The SMILES string of the molecule is COc1cc2c(Oc3ccc(-c4cnc(C(N)=O)c(=O)n4-c4ccc(F)cc4)cc3)ccnc2cc1OCCCN1CCOCC1. The van der Waals surface area contributed by atoms with Crippen LogP contribution in [0.5, 0.6) is 23.0 Å². The monoisotopic (exact) mass is 625 g/mol. The zero-order valence-corrected chi connectivity index (χ0v) is 25.1. The maximum atomic E-state index is 13.6. The zero-order chi connectivity index (χ0) is 32.0. The van der Waals surface area contributed by atoms with Gasteiger partial charge in [0.1, 0.15) is 17.3 Å². The van der Waals surface area contributed by atoms with Crippen molar-refractivity contribution in [3.8, 4) is 39.9 Å². The number of rotatable bonds is 11. The van der Waals surface area contributed by atoms with Crippen LogP contribution in [0, 0.1) is 5.82 Å². The summed E-state index contributed by atoms with van der Waals surface area (Å²) in [5.74, 6) is 0.835. The summed E-state index contributed by atoms with van der Waals surface area (Å²) < 4.78 is 38.3. The van der Waals surface area contributed by atoms with Crippen molar-refractivity contribution in [1.82, 2.24) is 19.4 Å². The van der Waals surface area contributed by atoms with Gasteiger partial charge in [0, 0.05) is 48.5 Å². The number of ether oxygens (including phenoxy) is 4. The summed E-state index contributed by atoms with van der Waals surface area (Å²) in [6, 6.07) is 17.8. The van der Waals surface area contributed by atoms with Crippen molar-refractivity contribution in [2.24, 2.45) is 5.73 Å². The lowest BCUT2D eigenvalue weighted by molar-refractivity contribution is 0.0357. The molecule has 1 fully saturated rings. The molecule has 0 spiro atoms. The van der Waals surface area contributed by atoms with Crippen molar-refractivity contribution < 1.29 is 28.1 Å². The first-order valence-corrected chi connectivity index (χ1v) is 14.8. The molecule has 0 aliphatic carbocycles. The highest BCUT2D eigenvalue weighted by atomic mass is 19.1. The van der Waals surface area contributed by atoms with Crippen molar-refractivity contribution in [3.05, 3.63) is 101 Å². The van der Waals surface area contributed by atoms with Gasteiger partial charge in [0.05, 0.1) is 44.3 Å². The van der Waals surface area contributed by atoms with Gasteiger partial charge in [-0.2, -0.15) is 0 Å². The van der Waals surface area contributed by atoms with Gasteiger partial charge >= 0.3 is 0 Å². The number of methoxy groups -OCH3 is 1. The molecule has 46 heavy (non-hydrogen) atoms. The van der Waals surface area contributed by atoms with Crippen LogP contribution in [0.4, 0.5) is 4.39 Å². The molecule has 2 N–H and O–H groups in total. The van der Waals surface area contributed by atoms with Crippen LogP contribution in [0.15, 0.2) is 83.9 Å². The molecule has 6 rings (SSSR count). The Morgan fingerprint density at radius 3 is 2.46 bits per heavy atom. The van der Waals surface area contributed by atoms with Crippen LogP contribution >= 0.6 is 0 Å². The van der Waals surface area contributed by atoms with Crippen LogP contribution in [0.25, 0.3) is 27.8 Å². The van der Waals surface area contributed by atoms with E-state index in [2.05, 4.69) is 14.9 Å². The Morgan fingerprint density at radius 2 is 1.74 bits per heavy atom. The number of carbonyl (C=O) groups is 1. The first kappa shape index (κ1) is 30.7. The number of morpholine rings is 1. The van der Waals surface area contributed by atoms with Gasteiger partial charge in [-0.3, -0.25) is 24.0 Å². The summed E-state index contributed by atoms with van der Waals surface area (Å²) in [5.41, 5.74) is 6.25. The van der Waals surface area contributed by atoms with Crippen molar-refractivity contribution in [2.45, 2.75) is 6.42 Å². The first-order valence-electron chi connectivity index (χ1n) is 14.8. The van der Waals surface area contributed by atoms with Crippen molar-refractivity contribution in [2.75, 3.05) is 46.6 Å². The summed E-state index contributed by atoms with van der Waals surface area (Å²) in [6.07, 6.45) is 3.92. The van der Waals surface area contributed by atoms with E-state index in [1.54, 1.807) is 43.6 Å². The first-order chi connectivity index (χ1) is 22.4. The van der Waals surface area contributed by atoms with E-state index in [1.165, 1.54) is 35.0 Å². The number of hydrogen-bond acceptors (Lipinski definition) is 9. The van der Waals surface area contributed by atoms with E-state index in [0.29, 0.717) is 52.1 Å². The summed E-state index contributed by atoms with van der Waals surface area (Å²) in [6.45, 7) is 4.89. The third-order valence-electron chi connectivity index (χ3n) is 7.63. The van der Waals surface area contributed by atoms with Crippen LogP contribution in [0.3, 0.4) is 0 Å². The lowest BCUT2D eigenvalue weighted by Crippen LogP contribution is -2.37. The topological polar surface area (TPSA) is 131 Å². The van der Waals surface area contributed by atoms with Gasteiger partial charge in [-0.1, -0.05) is 0 Å². The maximum absolute atomic E-state index is 13.6. The number of aromatic nitrogens is 3. The van der Waals surface area contributed by atoms with Gasteiger partial charge in [-0.15, -0.1) is 0 Å². The third-order valence-corrected chi connectivity index (χ3v) is 7.63. The molecule has 236 valence electrons. The Morgan fingerprint density at radius 1 is 0.978 bits per heavy atom. The average Bonchev–Trinajstić information content (AvgIpc) is 3.07. The number of pyridine rings is 1. The highest BCUT2D eigenvalue weighted by Gasteiger charge is 2.18. The Hall–Kier alpha value is -5.33. The second kappa shape index (κ2) is 13.8. The number of hydrogen-bond donors (Lipinski definition) is 1. The average molecular weight is 626 g/mol. The Bertz CT molecular complexity index is 1910. The van der Waals surface area contributed by atoms with E-state index in [9.17, 15) is 14.0 Å². The molecule has 3 aromatic carbocycles. The largest absolute Gasteiger partial charge is 0.493 e. The molecule has 1 amide bonds. The Kier molecular flexibility index (Phi) is 9.18. The van der Waals surface area contributed by atoms with E-state index in [4.69, 9.17) is 24.7 Å². The van der Waals surface area contributed by atoms with Crippen LogP contribution in [0.2, 0.25) is 0 Å². The minimum atomic E-state index is -0.958. The standard InChI is InChI=1S/C34H32FN5O6/c1-43-30-19-26-27(20-31(30)45-16-2-13-39-14-17-44-18-15-39)37-12-11-29(26)46-25-9-3-22(4-10-25)28-21-38-32(33(36)41)34(42)40(28)24-7-5-23(35)6-8-24/h3-12,19-21H,2,13-18H2,1H3,(H2,36,41). The summed E-state index contributed by atoms with van der Waals surface area (Å²) >= 11 is 0. The van der Waals surface area contributed by atoms with E-state index in [0.717, 1.165) is 44.7 Å². The molecule has 1 aliphatic heterocycles. The van der Waals surface area contributed by atoms with Gasteiger partial charge in [0.2, 0.25) is 0 Å². The minimum absolute atomic E-state index is 0.351. The van der Waals surface area contributed by atoms with E-state index in [1.807, 2.05) is 12.1 Å². The number of benzene rings is 3. The molecular formula is C34H32FN5O6. The molecule has 0 saturated carbocycles. The Balaban J connectivity index is 1.23. The molecule has 5 aromatic rings. The maximum Gasteiger partial charge on any atom is 0.287 e. The second-order valence-corrected chi connectivity index (χ2v) is 10.6. The summed E-state index contributed by atoms with van der Waals surface area (Å²) in [4.78, 5) is 35.9. The number of amides is 1. The zero-order valence-electron chi connectivity index (χ0n) is 25.1. The highest BCUT2D eigenvalue weighted by molar-refractivity contribution is 5.91. The molecule has 2 aromatic heterocycles. The molecule has 1 aliphatic rings. The van der Waals surface area contributed by atoms with Crippen molar-refractivity contribution in [3.63, 3.8) is 0 Å². The number of nitrogens with zero attached hydrogens (tertiary/aromatic N) is 4. The van der Waals surface area contributed by atoms with Crippen LogP contribution in [-0.4, -0.2) is 71.9 Å². The fraction of sp³-hybridized carbons (Fsp3) is 0.235. The molecular weight excluding hydrogens is 593 g/mol. The number of fused-ring (bicyclic) bond motifs is 1. The van der Waals surface area contributed by atoms with Gasteiger partial charge < -0.3 is 24.7 Å². The molecule has 3 heterocycles. The van der Waals surface area contributed by atoms with Crippen LogP contribution in [0.1, 0.15) is 16.9 Å². The van der Waals surface area contributed by atoms with E-state index < -0.39 is 23.0 Å². The van der Waals surface area contributed by atoms with Crippen molar-refractivity contribution >= 4 is 16.8 Å². The summed E-state index contributed by atoms with van der Waals surface area (Å²) in [5, 5.41) is 0.737. The molecule has 11 nitrogen and oxygen atoms in total. The number of halogens is 1. The van der Waals surface area contributed by atoms with Crippen LogP contribution in [-0.2, 0) is 4.74 Å². The fourth-order valence-electron chi connectivity index (χ4n) is 5.28. The van der Waals surface area contributed by atoms with Gasteiger partial charge in [-0.05, 0) is 67.1 Å². The normalized spacial score (nSPS) is 13.4. The Labute approximate surface area is 263 Å². The smallest absolute Gasteiger partial charge is 0.287 e. The molecule has 12 heteroatoms. The van der Waals surface area contributed by atoms with Crippen LogP contribution < -0.4 is 25.5 Å². The van der Waals surface area contributed by atoms with E-state index >= 15 is 0 Å². The number of carbonyl (C=O) groups excluding carboxylic acids is 1. The predicted molar refractivity (Wildman–Crippen MR) is 169 cm³/mol. The minimum Gasteiger partial charge on any atom is -0.493 e. The molecule has 0 atom stereocenters. The number of primary amides is 1. The van der Waals surface area contributed by atoms with Gasteiger partial charge in [0.25, 0.3) is 11.5 Å². The lowest BCUT2D eigenvalue weighted by Gasteiger charge is -2.26. The number of nitrogens with two attached hydrogens (primary N) is 1. The van der Waals surface area contributed by atoms with Crippen molar-refractivity contribution in [1.29, 1.82) is 0 Å². The molecule has 0 unspecified atom stereocenters. The highest BCUT2D eigenvalue weighted by Crippen LogP contribution is 2.37. The molecule has 0 radical (unpaired) electrons. The van der Waals surface area contributed by atoms with E-state index in [-0.39, 0.29) is 0 Å². The quantitative estimate of drug-likeness (QED) is 0.210. The third kappa shape index (κ3) is 6.67. The van der Waals surface area contributed by atoms with Gasteiger partial charge in [0.15, 0.2) is 17.2 Å². The molecule has 1 saturated heterocycles. The van der Waals surface area contributed by atoms with Gasteiger partial charge in [-0.25, -0.2) is 9.37 Å². The molecule has 0 bridgehead atoms. The second-order valence-electron chi connectivity index (χ2n) is 10.6. The lowest BCUT2D eigenvalue weighted by atomic mass is 10.1. The fourth-order valence-corrected chi connectivity index (χ4v) is 5.28. The summed E-state index contributed by atoms with van der Waals surface area (Å²) in [7, 11) is 1.59.